The zero-order valence-corrected chi connectivity index (χ0v) is 17.9. The van der Waals surface area contributed by atoms with Crippen LogP contribution >= 0.6 is 0 Å². The minimum Gasteiger partial charge on any atom is -0.493 e. The molecule has 0 radical (unpaired) electrons. The van der Waals surface area contributed by atoms with Crippen molar-refractivity contribution >= 4 is 22.5 Å². The summed E-state index contributed by atoms with van der Waals surface area (Å²) in [5.74, 6) is 1.78. The summed E-state index contributed by atoms with van der Waals surface area (Å²) in [7, 11) is 4.54. The van der Waals surface area contributed by atoms with E-state index in [1.807, 2.05) is 0 Å². The van der Waals surface area contributed by atoms with Crippen molar-refractivity contribution in [2.75, 3.05) is 26.6 Å². The van der Waals surface area contributed by atoms with Gasteiger partial charge in [0, 0.05) is 36.3 Å². The summed E-state index contributed by atoms with van der Waals surface area (Å²) in [6.45, 7) is 0.695. The van der Waals surface area contributed by atoms with E-state index in [4.69, 9.17) is 19.2 Å². The van der Waals surface area contributed by atoms with Crippen molar-refractivity contribution in [3.63, 3.8) is 0 Å². The maximum Gasteiger partial charge on any atom is 0.261 e. The minimum absolute atomic E-state index is 0.0431. The first-order valence-electron chi connectivity index (χ1n) is 10.2. The largest absolute Gasteiger partial charge is 0.493 e. The smallest absolute Gasteiger partial charge is 0.261 e. The molecule has 31 heavy (non-hydrogen) atoms. The number of fused-ring (bicyclic) bond motifs is 2. The highest BCUT2D eigenvalue weighted by Crippen LogP contribution is 2.40. The molecule has 162 valence electrons. The van der Waals surface area contributed by atoms with E-state index in [-0.39, 0.29) is 11.5 Å². The number of rotatable bonds is 5. The van der Waals surface area contributed by atoms with Crippen molar-refractivity contribution in [1.29, 1.82) is 0 Å². The summed E-state index contributed by atoms with van der Waals surface area (Å²) in [4.78, 5) is 30.5. The predicted octanol–water partition coefficient (Wildman–Crippen LogP) is 3.40. The first kappa shape index (κ1) is 20.7. The fourth-order valence-electron chi connectivity index (χ4n) is 3.92. The zero-order valence-electron chi connectivity index (χ0n) is 17.9. The Morgan fingerprint density at radius 2 is 1.74 bits per heavy atom. The van der Waals surface area contributed by atoms with Crippen molar-refractivity contribution in [2.24, 2.45) is 0 Å². The number of carbonyl (C=O) groups excluding carboxylic acids is 1. The van der Waals surface area contributed by atoms with Gasteiger partial charge in [0.05, 0.1) is 32.2 Å². The molecule has 8 heteroatoms. The van der Waals surface area contributed by atoms with Gasteiger partial charge in [-0.2, -0.15) is 0 Å². The molecule has 0 unspecified atom stereocenters. The molecular weight excluding hydrogens is 398 g/mol. The highest BCUT2D eigenvalue weighted by atomic mass is 16.5. The van der Waals surface area contributed by atoms with Gasteiger partial charge in [0.15, 0.2) is 11.5 Å². The molecule has 1 N–H and O–H groups in total. The molecule has 0 saturated heterocycles. The van der Waals surface area contributed by atoms with E-state index in [1.54, 1.807) is 34.9 Å². The molecule has 0 saturated carbocycles. The molecule has 4 rings (SSSR count). The second-order valence-electron chi connectivity index (χ2n) is 7.40. The van der Waals surface area contributed by atoms with Crippen molar-refractivity contribution in [3.05, 3.63) is 52.1 Å². The Morgan fingerprint density at radius 1 is 1.00 bits per heavy atom. The predicted molar refractivity (Wildman–Crippen MR) is 118 cm³/mol. The molecule has 1 aliphatic heterocycles. The van der Waals surface area contributed by atoms with Crippen LogP contribution in [-0.4, -0.2) is 36.8 Å². The molecule has 8 nitrogen and oxygen atoms in total. The maximum atomic E-state index is 12.9. The third kappa shape index (κ3) is 3.93. The minimum atomic E-state index is -0.326. The van der Waals surface area contributed by atoms with Gasteiger partial charge in [-0.3, -0.25) is 14.2 Å². The number of anilines is 1. The molecule has 0 fully saturated rings. The first-order valence-corrected chi connectivity index (χ1v) is 10.2. The van der Waals surface area contributed by atoms with E-state index in [9.17, 15) is 9.59 Å². The number of nitrogens with one attached hydrogen (secondary N) is 1. The van der Waals surface area contributed by atoms with Crippen LogP contribution in [0, 0.1) is 0 Å². The Kier molecular flexibility index (Phi) is 5.79. The molecule has 0 bridgehead atoms. The monoisotopic (exact) mass is 423 g/mol. The zero-order chi connectivity index (χ0) is 22.0. The van der Waals surface area contributed by atoms with Crippen LogP contribution < -0.4 is 25.1 Å². The van der Waals surface area contributed by atoms with Gasteiger partial charge >= 0.3 is 0 Å². The molecule has 1 amide bonds. The van der Waals surface area contributed by atoms with Crippen molar-refractivity contribution in [2.45, 2.75) is 32.2 Å². The standard InChI is InChI=1S/C23H25N3O5/c1-29-18-12-15(13-19(30-2)21(18)31-3)24-22(27)14-8-9-16-17(11-14)25-20-7-5-4-6-10-26(20)23(16)28/h8-9,11-13H,4-7,10H2,1-3H3,(H,24,27). The Hall–Kier alpha value is -3.55. The van der Waals surface area contributed by atoms with Crippen molar-refractivity contribution < 1.29 is 19.0 Å². The third-order valence-electron chi connectivity index (χ3n) is 5.50. The van der Waals surface area contributed by atoms with Gasteiger partial charge in [-0.05, 0) is 31.0 Å². The number of ether oxygens (including phenoxy) is 3. The lowest BCUT2D eigenvalue weighted by atomic mass is 10.1. The van der Waals surface area contributed by atoms with E-state index in [2.05, 4.69) is 5.32 Å². The van der Waals surface area contributed by atoms with E-state index in [0.29, 0.717) is 45.9 Å². The average Bonchev–Trinajstić information content (AvgIpc) is 3.03. The van der Waals surface area contributed by atoms with Crippen LogP contribution in [0.3, 0.4) is 0 Å². The van der Waals surface area contributed by atoms with Gasteiger partial charge < -0.3 is 19.5 Å². The Bertz CT molecular complexity index is 1180. The summed E-state index contributed by atoms with van der Waals surface area (Å²) in [6.07, 6.45) is 3.85. The lowest BCUT2D eigenvalue weighted by molar-refractivity contribution is 0.102. The van der Waals surface area contributed by atoms with Crippen LogP contribution in [0.4, 0.5) is 5.69 Å². The molecule has 2 heterocycles. The number of benzene rings is 2. The van der Waals surface area contributed by atoms with Gasteiger partial charge in [0.25, 0.3) is 11.5 Å². The topological polar surface area (TPSA) is 91.7 Å². The third-order valence-corrected chi connectivity index (χ3v) is 5.50. The van der Waals surface area contributed by atoms with Crippen LogP contribution in [-0.2, 0) is 13.0 Å². The summed E-state index contributed by atoms with van der Waals surface area (Å²) in [5, 5.41) is 3.37. The van der Waals surface area contributed by atoms with Crippen molar-refractivity contribution in [1.82, 2.24) is 9.55 Å². The average molecular weight is 423 g/mol. The number of aromatic nitrogens is 2. The number of methoxy groups -OCH3 is 3. The number of amides is 1. The molecule has 1 aliphatic rings. The van der Waals surface area contributed by atoms with E-state index in [1.165, 1.54) is 21.3 Å². The van der Waals surface area contributed by atoms with E-state index in [0.717, 1.165) is 31.5 Å². The maximum absolute atomic E-state index is 12.9. The van der Waals surface area contributed by atoms with Gasteiger partial charge in [0.2, 0.25) is 5.75 Å². The summed E-state index contributed by atoms with van der Waals surface area (Å²) in [5.41, 5.74) is 1.40. The van der Waals surface area contributed by atoms with E-state index >= 15 is 0 Å². The van der Waals surface area contributed by atoms with Crippen LogP contribution in [0.15, 0.2) is 35.1 Å². The number of aryl methyl sites for hydroxylation is 1. The molecular formula is C23H25N3O5. The number of hydrogen-bond donors (Lipinski definition) is 1. The van der Waals surface area contributed by atoms with Crippen LogP contribution in [0.1, 0.15) is 35.4 Å². The van der Waals surface area contributed by atoms with Crippen molar-refractivity contribution in [3.8, 4) is 17.2 Å². The summed E-state index contributed by atoms with van der Waals surface area (Å²) < 4.78 is 17.8. The van der Waals surface area contributed by atoms with Crippen LogP contribution in [0.2, 0.25) is 0 Å². The molecule has 0 spiro atoms. The number of nitrogens with zero attached hydrogens (tertiary/aromatic N) is 2. The SMILES string of the molecule is COc1cc(NC(=O)c2ccc3c(=O)n4c(nc3c2)CCCCC4)cc(OC)c1OC. The molecule has 3 aromatic rings. The molecule has 1 aromatic heterocycles. The quantitative estimate of drug-likeness (QED) is 0.676. The van der Waals surface area contributed by atoms with Crippen LogP contribution in [0.25, 0.3) is 10.9 Å². The lowest BCUT2D eigenvalue weighted by Gasteiger charge is -2.15. The summed E-state index contributed by atoms with van der Waals surface area (Å²) >= 11 is 0. The first-order chi connectivity index (χ1) is 15.0. The van der Waals surface area contributed by atoms with Gasteiger partial charge in [-0.1, -0.05) is 6.42 Å². The highest BCUT2D eigenvalue weighted by molar-refractivity contribution is 6.06. The summed E-state index contributed by atoms with van der Waals surface area (Å²) in [6, 6.07) is 8.29. The fourth-order valence-corrected chi connectivity index (χ4v) is 3.92. The second-order valence-corrected chi connectivity index (χ2v) is 7.40. The number of hydrogen-bond acceptors (Lipinski definition) is 6. The number of carbonyl (C=O) groups is 1. The molecule has 0 atom stereocenters. The lowest BCUT2D eigenvalue weighted by Crippen LogP contribution is -2.24. The highest BCUT2D eigenvalue weighted by Gasteiger charge is 2.17. The molecule has 0 aliphatic carbocycles. The van der Waals surface area contributed by atoms with E-state index < -0.39 is 0 Å². The van der Waals surface area contributed by atoms with Gasteiger partial charge in [0.1, 0.15) is 5.82 Å². The van der Waals surface area contributed by atoms with Gasteiger partial charge in [-0.15, -0.1) is 0 Å². The van der Waals surface area contributed by atoms with Gasteiger partial charge in [-0.25, -0.2) is 4.98 Å². The Morgan fingerprint density at radius 3 is 2.42 bits per heavy atom. The van der Waals surface area contributed by atoms with Crippen LogP contribution in [0.5, 0.6) is 17.2 Å². The Balaban J connectivity index is 1.68. The Labute approximate surface area is 179 Å². The fraction of sp³-hybridized carbons (Fsp3) is 0.348. The molecule has 2 aromatic carbocycles. The normalized spacial score (nSPS) is 13.3. The second kappa shape index (κ2) is 8.67.